The van der Waals surface area contributed by atoms with Gasteiger partial charge in [-0.2, -0.15) is 0 Å². The van der Waals surface area contributed by atoms with Gasteiger partial charge in [-0.05, 0) is 49.2 Å². The van der Waals surface area contributed by atoms with Crippen molar-refractivity contribution in [2.45, 2.75) is 18.9 Å². The molecule has 2 aromatic carbocycles. The van der Waals surface area contributed by atoms with Gasteiger partial charge < -0.3 is 9.80 Å². The number of amides is 1. The van der Waals surface area contributed by atoms with Gasteiger partial charge in [0.15, 0.2) is 0 Å². The van der Waals surface area contributed by atoms with Crippen LogP contribution in [0.4, 0.5) is 18.9 Å². The molecule has 2 saturated heterocycles. The van der Waals surface area contributed by atoms with Gasteiger partial charge in [0.05, 0.1) is 0 Å². The number of halogens is 3. The number of carbonyl (C=O) groups is 1. The number of carbonyl (C=O) groups excluding carboxylic acids is 1. The van der Waals surface area contributed by atoms with Crippen LogP contribution in [0.2, 0.25) is 0 Å². The van der Waals surface area contributed by atoms with Gasteiger partial charge >= 0.3 is 0 Å². The summed E-state index contributed by atoms with van der Waals surface area (Å²) in [4.78, 5) is 18.9. The van der Waals surface area contributed by atoms with E-state index >= 15 is 0 Å². The normalized spacial score (nSPS) is 20.7. The molecule has 0 bridgehead atoms. The maximum absolute atomic E-state index is 14.0. The number of piperidine rings is 1. The van der Waals surface area contributed by atoms with Gasteiger partial charge in [0, 0.05) is 51.0 Å². The first-order chi connectivity index (χ1) is 14.0. The number of piperazine rings is 1. The van der Waals surface area contributed by atoms with Crippen molar-refractivity contribution < 1.29 is 18.0 Å². The van der Waals surface area contributed by atoms with Crippen LogP contribution < -0.4 is 4.90 Å². The van der Waals surface area contributed by atoms with Crippen molar-refractivity contribution in [3.8, 4) is 0 Å². The second kappa shape index (κ2) is 8.45. The van der Waals surface area contributed by atoms with Crippen LogP contribution in [0.25, 0.3) is 0 Å². The summed E-state index contributed by atoms with van der Waals surface area (Å²) >= 11 is 0. The van der Waals surface area contributed by atoms with E-state index in [0.717, 1.165) is 56.8 Å². The lowest BCUT2D eigenvalue weighted by atomic mass is 10.0. The van der Waals surface area contributed by atoms with Crippen LogP contribution in [-0.4, -0.2) is 61.0 Å². The summed E-state index contributed by atoms with van der Waals surface area (Å²) in [6.45, 7) is 4.29. The first-order valence-corrected chi connectivity index (χ1v) is 10.0. The molecule has 0 radical (unpaired) electrons. The van der Waals surface area contributed by atoms with Crippen molar-refractivity contribution in [3.63, 3.8) is 0 Å². The molecule has 4 nitrogen and oxygen atoms in total. The van der Waals surface area contributed by atoms with Crippen LogP contribution >= 0.6 is 0 Å². The molecule has 2 aliphatic rings. The SMILES string of the molecule is O=C(c1c(F)cccc1F)N1CCC[C@@H](N2CCN(c3ccc(F)cc3)CC2)C1. The molecule has 0 saturated carbocycles. The molecule has 2 aliphatic heterocycles. The summed E-state index contributed by atoms with van der Waals surface area (Å²) in [5.41, 5.74) is 0.538. The van der Waals surface area contributed by atoms with Gasteiger partial charge in [-0.1, -0.05) is 6.07 Å². The molecule has 7 heteroatoms. The molecule has 1 amide bonds. The Morgan fingerprint density at radius 2 is 1.52 bits per heavy atom. The van der Waals surface area contributed by atoms with Gasteiger partial charge in [0.2, 0.25) is 0 Å². The van der Waals surface area contributed by atoms with Gasteiger partial charge in [-0.25, -0.2) is 13.2 Å². The van der Waals surface area contributed by atoms with Crippen molar-refractivity contribution in [2.24, 2.45) is 0 Å². The van der Waals surface area contributed by atoms with Crippen LogP contribution in [0.1, 0.15) is 23.2 Å². The maximum atomic E-state index is 14.0. The summed E-state index contributed by atoms with van der Waals surface area (Å²) in [7, 11) is 0. The zero-order valence-corrected chi connectivity index (χ0v) is 16.2. The fourth-order valence-corrected chi connectivity index (χ4v) is 4.29. The molecular weight excluding hydrogens is 379 g/mol. The molecule has 0 aliphatic carbocycles. The number of rotatable bonds is 3. The smallest absolute Gasteiger partial charge is 0.259 e. The zero-order valence-electron chi connectivity index (χ0n) is 16.2. The van der Waals surface area contributed by atoms with E-state index < -0.39 is 23.1 Å². The molecular formula is C22H24F3N3O. The Kier molecular flexibility index (Phi) is 5.76. The molecule has 0 N–H and O–H groups in total. The molecule has 0 spiro atoms. The zero-order chi connectivity index (χ0) is 20.4. The lowest BCUT2D eigenvalue weighted by molar-refractivity contribution is 0.0555. The average molecular weight is 403 g/mol. The third kappa shape index (κ3) is 4.24. The molecule has 2 heterocycles. The van der Waals surface area contributed by atoms with E-state index in [1.165, 1.54) is 18.2 Å². The highest BCUT2D eigenvalue weighted by atomic mass is 19.1. The number of benzene rings is 2. The van der Waals surface area contributed by atoms with E-state index in [0.29, 0.717) is 13.1 Å². The lowest BCUT2D eigenvalue weighted by Gasteiger charge is -2.44. The van der Waals surface area contributed by atoms with Crippen LogP contribution in [0.3, 0.4) is 0 Å². The van der Waals surface area contributed by atoms with E-state index in [4.69, 9.17) is 0 Å². The molecule has 154 valence electrons. The Morgan fingerprint density at radius 3 is 2.17 bits per heavy atom. The molecule has 0 aromatic heterocycles. The van der Waals surface area contributed by atoms with E-state index in [1.54, 1.807) is 17.0 Å². The first-order valence-electron chi connectivity index (χ1n) is 10.0. The van der Waals surface area contributed by atoms with Gasteiger partial charge in [-0.3, -0.25) is 9.69 Å². The highest BCUT2D eigenvalue weighted by Gasteiger charge is 2.32. The van der Waals surface area contributed by atoms with Crippen molar-refractivity contribution >= 4 is 11.6 Å². The summed E-state index contributed by atoms with van der Waals surface area (Å²) in [5, 5.41) is 0. The average Bonchev–Trinajstić information content (AvgIpc) is 2.74. The summed E-state index contributed by atoms with van der Waals surface area (Å²) in [6.07, 6.45) is 1.77. The summed E-state index contributed by atoms with van der Waals surface area (Å²) in [5.74, 6) is -2.45. The van der Waals surface area contributed by atoms with Crippen LogP contribution in [0.15, 0.2) is 42.5 Å². The number of nitrogens with zero attached hydrogens (tertiary/aromatic N) is 3. The van der Waals surface area contributed by atoms with Gasteiger partial charge in [-0.15, -0.1) is 0 Å². The van der Waals surface area contributed by atoms with Gasteiger partial charge in [0.25, 0.3) is 5.91 Å². The molecule has 4 rings (SSSR count). The minimum absolute atomic E-state index is 0.179. The molecule has 29 heavy (non-hydrogen) atoms. The van der Waals surface area contributed by atoms with E-state index in [-0.39, 0.29) is 11.9 Å². The number of anilines is 1. The maximum Gasteiger partial charge on any atom is 0.259 e. The van der Waals surface area contributed by atoms with Crippen molar-refractivity contribution in [1.82, 2.24) is 9.80 Å². The Morgan fingerprint density at radius 1 is 0.862 bits per heavy atom. The highest BCUT2D eigenvalue weighted by molar-refractivity contribution is 5.94. The van der Waals surface area contributed by atoms with E-state index in [1.807, 2.05) is 0 Å². The van der Waals surface area contributed by atoms with Crippen LogP contribution in [-0.2, 0) is 0 Å². The fraction of sp³-hybridized carbons (Fsp3) is 0.409. The minimum Gasteiger partial charge on any atom is -0.369 e. The fourth-order valence-electron chi connectivity index (χ4n) is 4.29. The summed E-state index contributed by atoms with van der Waals surface area (Å²) in [6, 6.07) is 10.2. The number of likely N-dealkylation sites (tertiary alicyclic amines) is 1. The predicted octanol–water partition coefficient (Wildman–Crippen LogP) is 3.53. The van der Waals surface area contributed by atoms with Gasteiger partial charge in [0.1, 0.15) is 23.0 Å². The number of hydrogen-bond acceptors (Lipinski definition) is 3. The van der Waals surface area contributed by atoms with Crippen LogP contribution in [0.5, 0.6) is 0 Å². The highest BCUT2D eigenvalue weighted by Crippen LogP contribution is 2.23. The Balaban J connectivity index is 1.38. The Hall–Kier alpha value is -2.54. The molecule has 2 aromatic rings. The van der Waals surface area contributed by atoms with Crippen LogP contribution in [0, 0.1) is 17.5 Å². The number of hydrogen-bond donors (Lipinski definition) is 0. The standard InChI is InChI=1S/C22H24F3N3O/c23-16-6-8-17(9-7-16)26-11-13-27(14-12-26)18-3-2-10-28(15-18)22(29)21-19(24)4-1-5-20(21)25/h1,4-9,18H,2-3,10-15H2/t18-/m1/s1. The van der Waals surface area contributed by atoms with Crippen molar-refractivity contribution in [3.05, 3.63) is 65.5 Å². The topological polar surface area (TPSA) is 26.8 Å². The largest absolute Gasteiger partial charge is 0.369 e. The Labute approximate surface area is 168 Å². The van der Waals surface area contributed by atoms with E-state index in [2.05, 4.69) is 9.80 Å². The molecule has 1 atom stereocenters. The lowest BCUT2D eigenvalue weighted by Crippen LogP contribution is -2.56. The van der Waals surface area contributed by atoms with Crippen molar-refractivity contribution in [1.29, 1.82) is 0 Å². The molecule has 2 fully saturated rings. The Bertz CT molecular complexity index is 846. The first kappa shape index (κ1) is 19.8. The second-order valence-electron chi connectivity index (χ2n) is 7.64. The van der Waals surface area contributed by atoms with E-state index in [9.17, 15) is 18.0 Å². The predicted molar refractivity (Wildman–Crippen MR) is 105 cm³/mol. The monoisotopic (exact) mass is 403 g/mol. The third-order valence-electron chi connectivity index (χ3n) is 5.88. The molecule has 0 unspecified atom stereocenters. The summed E-state index contributed by atoms with van der Waals surface area (Å²) < 4.78 is 41.1. The second-order valence-corrected chi connectivity index (χ2v) is 7.64. The third-order valence-corrected chi connectivity index (χ3v) is 5.88. The van der Waals surface area contributed by atoms with Crippen molar-refractivity contribution in [2.75, 3.05) is 44.2 Å². The quantitative estimate of drug-likeness (QED) is 0.785. The minimum atomic E-state index is -0.815.